The second-order valence-electron chi connectivity index (χ2n) is 7.89. The summed E-state index contributed by atoms with van der Waals surface area (Å²) in [4.78, 5) is 12.7. The fraction of sp³-hybridized carbons (Fsp3) is 0.632. The van der Waals surface area contributed by atoms with Crippen LogP contribution in [0.1, 0.15) is 53.9 Å². The van der Waals surface area contributed by atoms with Crippen LogP contribution in [-0.4, -0.2) is 50.8 Å². The monoisotopic (exact) mass is 424 g/mol. The van der Waals surface area contributed by atoms with Gasteiger partial charge >= 0.3 is 0 Å². The minimum Gasteiger partial charge on any atom is -0.346 e. The van der Waals surface area contributed by atoms with E-state index in [1.807, 2.05) is 31.5 Å². The molecular weight excluding hydrogens is 396 g/mol. The smallest absolute Gasteiger partial charge is 0.191 e. The van der Waals surface area contributed by atoms with E-state index in [0.717, 1.165) is 22.8 Å². The lowest BCUT2D eigenvalue weighted by molar-refractivity contribution is 0.102. The Morgan fingerprint density at radius 3 is 2.61 bits per heavy atom. The fourth-order valence-corrected chi connectivity index (χ4v) is 6.68. The minimum absolute atomic E-state index is 0.0800. The van der Waals surface area contributed by atoms with Gasteiger partial charge in [0.25, 0.3) is 0 Å². The molecule has 154 valence electrons. The average molecular weight is 425 g/mol. The zero-order valence-corrected chi connectivity index (χ0v) is 18.7. The van der Waals surface area contributed by atoms with Gasteiger partial charge in [-0.2, -0.15) is 0 Å². The molecule has 0 N–H and O–H groups in total. The number of hydrogen-bond acceptors (Lipinski definition) is 6. The van der Waals surface area contributed by atoms with Crippen LogP contribution in [0.5, 0.6) is 0 Å². The molecule has 1 fully saturated rings. The lowest BCUT2D eigenvalue weighted by Crippen LogP contribution is -2.11. The van der Waals surface area contributed by atoms with Crippen LogP contribution < -0.4 is 0 Å². The maximum absolute atomic E-state index is 12.7. The molecule has 9 heteroatoms. The summed E-state index contributed by atoms with van der Waals surface area (Å²) in [5, 5.41) is 9.10. The Labute approximate surface area is 170 Å². The zero-order chi connectivity index (χ0) is 20.6. The quantitative estimate of drug-likeness (QED) is 0.502. The molecule has 1 saturated heterocycles. The topological polar surface area (TPSA) is 86.9 Å². The number of hydrogen-bond donors (Lipinski definition) is 0. The van der Waals surface area contributed by atoms with Crippen molar-refractivity contribution < 1.29 is 13.2 Å². The second kappa shape index (κ2) is 8.02. The number of ketones is 1. The molecule has 1 aliphatic heterocycles. The first kappa shape index (κ1) is 21.1. The lowest BCUT2D eigenvalue weighted by Gasteiger charge is -2.13. The third-order valence-corrected chi connectivity index (χ3v) is 8.21. The van der Waals surface area contributed by atoms with Gasteiger partial charge in [0.15, 0.2) is 20.8 Å². The molecule has 0 spiro atoms. The normalized spacial score (nSPS) is 18.9. The Kier molecular flexibility index (Phi) is 6.05. The van der Waals surface area contributed by atoms with E-state index in [-0.39, 0.29) is 23.2 Å². The second-order valence-corrected chi connectivity index (χ2v) is 11.1. The first-order valence-corrected chi connectivity index (χ1v) is 12.3. The van der Waals surface area contributed by atoms with Gasteiger partial charge in [0, 0.05) is 36.5 Å². The number of aromatic nitrogens is 4. The van der Waals surface area contributed by atoms with Crippen molar-refractivity contribution in [1.29, 1.82) is 0 Å². The van der Waals surface area contributed by atoms with Gasteiger partial charge in [-0.15, -0.1) is 10.2 Å². The van der Waals surface area contributed by atoms with Crippen molar-refractivity contribution >= 4 is 27.4 Å². The molecule has 0 saturated carbocycles. The van der Waals surface area contributed by atoms with E-state index in [1.165, 1.54) is 11.8 Å². The number of thioether (sulfide) groups is 1. The molecule has 2 aromatic heterocycles. The highest BCUT2D eigenvalue weighted by molar-refractivity contribution is 7.99. The molecule has 1 atom stereocenters. The fourth-order valence-electron chi connectivity index (χ4n) is 4.00. The number of carbonyl (C=O) groups is 1. The van der Waals surface area contributed by atoms with Crippen LogP contribution in [0.25, 0.3) is 0 Å². The number of carbonyl (C=O) groups excluding carboxylic acids is 1. The van der Waals surface area contributed by atoms with Gasteiger partial charge in [0.1, 0.15) is 5.82 Å². The van der Waals surface area contributed by atoms with Gasteiger partial charge in [0.2, 0.25) is 0 Å². The number of sulfone groups is 1. The lowest BCUT2D eigenvalue weighted by atomic mass is 10.1. The van der Waals surface area contributed by atoms with Crippen LogP contribution in [0.4, 0.5) is 0 Å². The van der Waals surface area contributed by atoms with Crippen molar-refractivity contribution in [3.63, 3.8) is 0 Å². The van der Waals surface area contributed by atoms with Crippen LogP contribution in [0, 0.1) is 19.8 Å². The van der Waals surface area contributed by atoms with Gasteiger partial charge in [-0.25, -0.2) is 8.42 Å². The molecule has 0 unspecified atom stereocenters. The highest BCUT2D eigenvalue weighted by Gasteiger charge is 2.29. The largest absolute Gasteiger partial charge is 0.346 e. The Morgan fingerprint density at radius 1 is 1.32 bits per heavy atom. The molecular formula is C19H28N4O3S2. The van der Waals surface area contributed by atoms with E-state index in [1.54, 1.807) is 0 Å². The van der Waals surface area contributed by atoms with Gasteiger partial charge < -0.3 is 9.13 Å². The summed E-state index contributed by atoms with van der Waals surface area (Å²) < 4.78 is 27.3. The summed E-state index contributed by atoms with van der Waals surface area (Å²) in [5.41, 5.74) is 2.85. The van der Waals surface area contributed by atoms with Gasteiger partial charge in [-0.1, -0.05) is 11.8 Å². The van der Waals surface area contributed by atoms with Gasteiger partial charge in [-0.3, -0.25) is 4.79 Å². The average Bonchev–Trinajstić information content (AvgIpc) is 3.22. The van der Waals surface area contributed by atoms with Crippen molar-refractivity contribution in [1.82, 2.24) is 19.3 Å². The first-order chi connectivity index (χ1) is 13.1. The number of Topliss-reactive ketones (excluding diaryl/α,β-unsaturated/α-hetero) is 1. The number of aryl methyl sites for hydroxylation is 1. The molecule has 7 nitrogen and oxygen atoms in total. The highest BCUT2D eigenvalue weighted by atomic mass is 32.2. The Bertz CT molecular complexity index is 989. The van der Waals surface area contributed by atoms with E-state index in [4.69, 9.17) is 0 Å². The summed E-state index contributed by atoms with van der Waals surface area (Å²) in [6.07, 6.45) is 1.29. The molecule has 0 bridgehead atoms. The summed E-state index contributed by atoms with van der Waals surface area (Å²) in [5.74, 6) is 1.75. The van der Waals surface area contributed by atoms with Crippen molar-refractivity contribution in [3.8, 4) is 0 Å². The molecule has 0 aliphatic carbocycles. The standard InChI is InChI=1S/C19H28N4O3S2/c1-12(2)23-13(3)8-16(14(23)4)17(24)10-27-19-21-20-18(22(19)5)9-15-6-7-28(25,26)11-15/h8,12,15H,6-7,9-11H2,1-5H3/t15-/m1/s1. The first-order valence-electron chi connectivity index (χ1n) is 9.52. The van der Waals surface area contributed by atoms with E-state index in [0.29, 0.717) is 29.8 Å². The minimum atomic E-state index is -2.89. The van der Waals surface area contributed by atoms with Crippen molar-refractivity contribution in [2.75, 3.05) is 17.3 Å². The molecule has 0 aromatic carbocycles. The molecule has 0 amide bonds. The molecule has 3 heterocycles. The van der Waals surface area contributed by atoms with E-state index in [9.17, 15) is 13.2 Å². The third kappa shape index (κ3) is 4.35. The zero-order valence-electron chi connectivity index (χ0n) is 17.1. The number of nitrogens with zero attached hydrogens (tertiary/aromatic N) is 4. The predicted molar refractivity (Wildman–Crippen MR) is 111 cm³/mol. The summed E-state index contributed by atoms with van der Waals surface area (Å²) in [7, 11) is -1.02. The maximum Gasteiger partial charge on any atom is 0.191 e. The Morgan fingerprint density at radius 2 is 2.04 bits per heavy atom. The van der Waals surface area contributed by atoms with Crippen molar-refractivity contribution in [2.45, 2.75) is 51.7 Å². The Hall–Kier alpha value is -1.61. The van der Waals surface area contributed by atoms with E-state index in [2.05, 4.69) is 28.6 Å². The SMILES string of the molecule is Cc1cc(C(=O)CSc2nnc(C[C@H]3CCS(=O)(=O)C3)n2C)c(C)n1C(C)C. The molecule has 28 heavy (non-hydrogen) atoms. The van der Waals surface area contributed by atoms with Crippen molar-refractivity contribution in [2.24, 2.45) is 13.0 Å². The number of rotatable bonds is 7. The van der Waals surface area contributed by atoms with Crippen LogP contribution in [-0.2, 0) is 23.3 Å². The summed E-state index contributed by atoms with van der Waals surface area (Å²) in [6.45, 7) is 8.23. The van der Waals surface area contributed by atoms with Gasteiger partial charge in [0.05, 0.1) is 17.3 Å². The highest BCUT2D eigenvalue weighted by Crippen LogP contribution is 2.25. The predicted octanol–water partition coefficient (Wildman–Crippen LogP) is 2.77. The molecule has 2 aromatic rings. The van der Waals surface area contributed by atoms with E-state index >= 15 is 0 Å². The third-order valence-electron chi connectivity index (χ3n) is 5.36. The van der Waals surface area contributed by atoms with E-state index < -0.39 is 9.84 Å². The van der Waals surface area contributed by atoms with Crippen LogP contribution >= 0.6 is 11.8 Å². The summed E-state index contributed by atoms with van der Waals surface area (Å²) in [6, 6.07) is 2.27. The Balaban J connectivity index is 1.65. The van der Waals surface area contributed by atoms with Gasteiger partial charge in [-0.05, 0) is 46.1 Å². The molecule has 3 rings (SSSR count). The molecule has 1 aliphatic rings. The molecule has 0 radical (unpaired) electrons. The summed E-state index contributed by atoms with van der Waals surface area (Å²) >= 11 is 1.37. The van der Waals surface area contributed by atoms with Crippen LogP contribution in [0.2, 0.25) is 0 Å². The maximum atomic E-state index is 12.7. The van der Waals surface area contributed by atoms with Crippen LogP contribution in [0.15, 0.2) is 11.2 Å². The van der Waals surface area contributed by atoms with Crippen LogP contribution in [0.3, 0.4) is 0 Å². The van der Waals surface area contributed by atoms with Crippen molar-refractivity contribution in [3.05, 3.63) is 28.8 Å².